The van der Waals surface area contributed by atoms with Crippen molar-refractivity contribution < 1.29 is 33.8 Å². The molecule has 0 amide bonds. The summed E-state index contributed by atoms with van der Waals surface area (Å²) < 4.78 is 10.8. The van der Waals surface area contributed by atoms with E-state index in [4.69, 9.17) is 14.6 Å². The van der Waals surface area contributed by atoms with Crippen LogP contribution in [0.4, 0.5) is 0 Å². The summed E-state index contributed by atoms with van der Waals surface area (Å²) in [6.45, 7) is 11.4. The smallest absolute Gasteiger partial charge is 0.331 e. The molecule has 1 N–H and O–H groups in total. The van der Waals surface area contributed by atoms with Crippen molar-refractivity contribution in [2.75, 3.05) is 0 Å². The predicted molar refractivity (Wildman–Crippen MR) is 243 cm³/mol. The molecular weight excluding hydrogens is 761 g/mol. The third-order valence-corrected chi connectivity index (χ3v) is 10.8. The highest BCUT2D eigenvalue weighted by molar-refractivity contribution is 5.99. The number of carboxylic acid groups (broad SMARTS) is 1. The van der Waals surface area contributed by atoms with Crippen LogP contribution in [-0.2, 0) is 23.9 Å². The number of carbonyl (C=O) groups excluding carboxylic acids is 3. The minimum atomic E-state index is -0.689. The zero-order chi connectivity index (χ0) is 44.0. The number of Topliss-reactive ketones (excluding diaryl/α,β-unsaturated/α-hetero) is 1. The molecule has 8 rings (SSSR count). The molecule has 0 aliphatic heterocycles. The van der Waals surface area contributed by atoms with Crippen molar-refractivity contribution in [2.45, 2.75) is 129 Å². The molecule has 4 aromatic carbocycles. The van der Waals surface area contributed by atoms with Crippen molar-refractivity contribution in [1.29, 1.82) is 0 Å². The largest absolute Gasteiger partial charge is 0.481 e. The molecule has 4 aliphatic rings. The molecule has 4 fully saturated rings. The van der Waals surface area contributed by atoms with Crippen LogP contribution in [0.25, 0.3) is 5.57 Å². The van der Waals surface area contributed by atoms with Gasteiger partial charge in [0.25, 0.3) is 0 Å². The molecule has 2 atom stereocenters. The third kappa shape index (κ3) is 17.7. The topological polar surface area (TPSA) is 107 Å². The fraction of sp³-hybridized carbons (Fsp3) is 0.444. The van der Waals surface area contributed by atoms with Crippen LogP contribution in [0.1, 0.15) is 145 Å². The highest BCUT2D eigenvalue weighted by Crippen LogP contribution is 2.46. The Morgan fingerprint density at radius 3 is 1.31 bits per heavy atom. The van der Waals surface area contributed by atoms with Crippen LogP contribution in [0.2, 0.25) is 0 Å². The van der Waals surface area contributed by atoms with E-state index < -0.39 is 11.6 Å². The first-order chi connectivity index (χ1) is 29.1. The van der Waals surface area contributed by atoms with Gasteiger partial charge in [-0.25, -0.2) is 4.79 Å². The van der Waals surface area contributed by atoms with Crippen molar-refractivity contribution in [3.63, 3.8) is 0 Å². The van der Waals surface area contributed by atoms with Gasteiger partial charge in [-0.3, -0.25) is 14.4 Å². The van der Waals surface area contributed by atoms with E-state index in [9.17, 15) is 19.2 Å². The van der Waals surface area contributed by atoms with E-state index in [1.165, 1.54) is 49.7 Å². The van der Waals surface area contributed by atoms with Gasteiger partial charge in [-0.05, 0) is 145 Å². The van der Waals surface area contributed by atoms with Gasteiger partial charge in [0.2, 0.25) is 0 Å². The number of hydrogen-bond acceptors (Lipinski definition) is 6. The van der Waals surface area contributed by atoms with Gasteiger partial charge in [-0.2, -0.15) is 0 Å². The van der Waals surface area contributed by atoms with Crippen LogP contribution in [0, 0.1) is 23.7 Å². The first kappa shape index (κ1) is 46.8. The highest BCUT2D eigenvalue weighted by atomic mass is 16.6. The maximum absolute atomic E-state index is 12.0. The number of allylic oxidation sites excluding steroid dienone is 1. The maximum atomic E-state index is 12.0. The van der Waals surface area contributed by atoms with Crippen LogP contribution >= 0.6 is 0 Å². The molecule has 0 aromatic heterocycles. The highest BCUT2D eigenvalue weighted by Gasteiger charge is 2.35. The Hall–Kier alpha value is -5.30. The van der Waals surface area contributed by atoms with Crippen molar-refractivity contribution in [1.82, 2.24) is 0 Å². The summed E-state index contributed by atoms with van der Waals surface area (Å²) in [5.41, 5.74) is 4.75. The zero-order valence-electron chi connectivity index (χ0n) is 37.1. The molecule has 0 radical (unpaired) electrons. The van der Waals surface area contributed by atoms with Crippen LogP contribution in [-0.4, -0.2) is 40.0 Å². The second-order valence-electron chi connectivity index (χ2n) is 18.9. The number of benzene rings is 4. The van der Waals surface area contributed by atoms with Crippen molar-refractivity contribution in [2.24, 2.45) is 23.7 Å². The normalized spacial score (nSPS) is 17.0. The fourth-order valence-electron chi connectivity index (χ4n) is 7.37. The molecule has 0 unspecified atom stereocenters. The van der Waals surface area contributed by atoms with Crippen LogP contribution < -0.4 is 0 Å². The summed E-state index contributed by atoms with van der Waals surface area (Å²) in [5, 5.41) is 8.82. The lowest BCUT2D eigenvalue weighted by atomic mass is 9.91. The Balaban J connectivity index is 0.000000156. The third-order valence-electron chi connectivity index (χ3n) is 10.8. The van der Waals surface area contributed by atoms with Gasteiger partial charge in [-0.1, -0.05) is 121 Å². The average Bonchev–Trinajstić information content (AvgIpc) is 4.03. The molecule has 4 aliphatic carbocycles. The van der Waals surface area contributed by atoms with E-state index in [1.807, 2.05) is 139 Å². The monoisotopic (exact) mass is 826 g/mol. The summed E-state index contributed by atoms with van der Waals surface area (Å²) in [6.07, 6.45) is 11.8. The quantitative estimate of drug-likeness (QED) is 0.0812. The lowest BCUT2D eigenvalue weighted by Gasteiger charge is -2.22. The first-order valence-corrected chi connectivity index (χ1v) is 22.2. The van der Waals surface area contributed by atoms with Gasteiger partial charge in [0, 0.05) is 17.6 Å². The van der Waals surface area contributed by atoms with E-state index in [-0.39, 0.29) is 29.9 Å². The van der Waals surface area contributed by atoms with Crippen molar-refractivity contribution >= 4 is 29.3 Å². The molecular formula is C54H66O7. The van der Waals surface area contributed by atoms with Crippen molar-refractivity contribution in [3.05, 3.63) is 150 Å². The van der Waals surface area contributed by atoms with Gasteiger partial charge < -0.3 is 14.6 Å². The van der Waals surface area contributed by atoms with E-state index in [0.717, 1.165) is 29.5 Å². The fourth-order valence-corrected chi connectivity index (χ4v) is 7.37. The average molecular weight is 827 g/mol. The number of carbonyl (C=O) groups is 4. The van der Waals surface area contributed by atoms with E-state index in [1.54, 1.807) is 6.08 Å². The molecule has 0 saturated heterocycles. The Morgan fingerprint density at radius 1 is 0.541 bits per heavy atom. The number of ketones is 1. The van der Waals surface area contributed by atoms with Gasteiger partial charge >= 0.3 is 17.9 Å². The van der Waals surface area contributed by atoms with E-state index in [2.05, 4.69) is 24.3 Å². The standard InChI is InChI=1S/C16H22O2.C16H20O2.C12H14O2.C10H10O/c2*1-16(2,3)18-15(17)11-14(13-9-10-13)12-7-5-4-6-8-12;13-12(14)8-11(10-6-7-10)9-4-2-1-3-5-9;11-10(9-6-7-9)8-4-2-1-3-5-8/h4-8,13-14H,9-11H2,1-3H3;4-8,11,13H,9-10H2,1-3H3;1-5,10-11H,6-8H2,(H,13,14);1-5,9H,6-7H2/b;14-11-;;/t14-;;11-;/m0.0./s1. The second kappa shape index (κ2) is 22.0. The number of carboxylic acids is 1. The SMILES string of the molecule is CC(C)(C)OC(=O)/C=C(/c1ccccc1)C1CC1.CC(C)(C)OC(=O)C[C@@H](c1ccccc1)C1CC1.O=C(O)C[C@@H](c1ccccc1)C1CC1.O=C(c1ccccc1)C1CC1. The van der Waals surface area contributed by atoms with Crippen LogP contribution in [0.3, 0.4) is 0 Å². The molecule has 0 spiro atoms. The number of ether oxygens (including phenoxy) is 2. The first-order valence-electron chi connectivity index (χ1n) is 22.2. The summed E-state index contributed by atoms with van der Waals surface area (Å²) in [6, 6.07) is 40.0. The molecule has 324 valence electrons. The Kier molecular flexibility index (Phi) is 16.9. The van der Waals surface area contributed by atoms with Gasteiger partial charge in [-0.15, -0.1) is 0 Å². The van der Waals surface area contributed by atoms with Gasteiger partial charge in [0.1, 0.15) is 11.2 Å². The predicted octanol–water partition coefficient (Wildman–Crippen LogP) is 12.7. The number of aliphatic carboxylic acids is 1. The Labute approximate surface area is 364 Å². The number of hydrogen-bond donors (Lipinski definition) is 1. The molecule has 0 heterocycles. The Bertz CT molecular complexity index is 2010. The lowest BCUT2D eigenvalue weighted by molar-refractivity contribution is -0.155. The summed E-state index contributed by atoms with van der Waals surface area (Å²) in [4.78, 5) is 46.0. The summed E-state index contributed by atoms with van der Waals surface area (Å²) >= 11 is 0. The van der Waals surface area contributed by atoms with E-state index >= 15 is 0 Å². The van der Waals surface area contributed by atoms with Crippen LogP contribution in [0.15, 0.2) is 127 Å². The zero-order valence-corrected chi connectivity index (χ0v) is 37.1. The molecule has 4 saturated carbocycles. The molecule has 7 nitrogen and oxygen atoms in total. The second-order valence-corrected chi connectivity index (χ2v) is 18.9. The minimum absolute atomic E-state index is 0.0803. The lowest BCUT2D eigenvalue weighted by Crippen LogP contribution is -2.25. The minimum Gasteiger partial charge on any atom is -0.481 e. The Morgan fingerprint density at radius 2 is 0.934 bits per heavy atom. The van der Waals surface area contributed by atoms with Gasteiger partial charge in [0.15, 0.2) is 5.78 Å². The van der Waals surface area contributed by atoms with Gasteiger partial charge in [0.05, 0.1) is 12.8 Å². The molecule has 4 aromatic rings. The van der Waals surface area contributed by atoms with Crippen LogP contribution in [0.5, 0.6) is 0 Å². The molecule has 61 heavy (non-hydrogen) atoms. The number of esters is 2. The maximum Gasteiger partial charge on any atom is 0.331 e. The number of rotatable bonds is 13. The molecule has 0 bridgehead atoms. The molecule has 7 heteroatoms. The van der Waals surface area contributed by atoms with Crippen molar-refractivity contribution in [3.8, 4) is 0 Å². The van der Waals surface area contributed by atoms with E-state index in [0.29, 0.717) is 41.8 Å². The summed E-state index contributed by atoms with van der Waals surface area (Å²) in [5.74, 6) is 2.02. The summed E-state index contributed by atoms with van der Waals surface area (Å²) in [7, 11) is 0.